The number of nitrogens with zero attached hydrogens (tertiary/aromatic N) is 1. The van der Waals surface area contributed by atoms with Crippen LogP contribution in [0.25, 0.3) is 20.7 Å². The zero-order valence-electron chi connectivity index (χ0n) is 10.4. The van der Waals surface area contributed by atoms with Crippen LogP contribution in [0.2, 0.25) is 0 Å². The summed E-state index contributed by atoms with van der Waals surface area (Å²) in [7, 11) is 0. The number of thiophene rings is 1. The lowest BCUT2D eigenvalue weighted by Gasteiger charge is -2.35. The lowest BCUT2D eigenvalue weighted by Crippen LogP contribution is -2.43. The number of thiazole rings is 1. The summed E-state index contributed by atoms with van der Waals surface area (Å²) in [6.07, 6.45) is 3.38. The summed E-state index contributed by atoms with van der Waals surface area (Å²) in [4.78, 5) is 6.02. The highest BCUT2D eigenvalue weighted by Crippen LogP contribution is 2.42. The Balaban J connectivity index is 1.75. The van der Waals surface area contributed by atoms with Crippen LogP contribution < -0.4 is 5.73 Å². The molecule has 1 aliphatic carbocycles. The van der Waals surface area contributed by atoms with Crippen molar-refractivity contribution in [3.63, 3.8) is 0 Å². The first kappa shape index (κ1) is 11.6. The Morgan fingerprint density at radius 2 is 2.05 bits per heavy atom. The minimum atomic E-state index is -0.139. The van der Waals surface area contributed by atoms with E-state index in [4.69, 9.17) is 10.7 Å². The summed E-state index contributed by atoms with van der Waals surface area (Å²) in [6.45, 7) is 0. The van der Waals surface area contributed by atoms with Gasteiger partial charge in [-0.15, -0.1) is 22.7 Å². The molecule has 0 amide bonds. The van der Waals surface area contributed by atoms with Crippen molar-refractivity contribution in [1.82, 2.24) is 4.98 Å². The highest BCUT2D eigenvalue weighted by Gasteiger charge is 2.37. The van der Waals surface area contributed by atoms with E-state index in [2.05, 4.69) is 35.7 Å². The standard InChI is InChI=1S/C15H14N2S2/c16-15(6-3-7-15)14-17-11(9-18-14)13-8-10-4-1-2-5-12(10)19-13/h1-2,4-5,8-9H,3,6-7,16H2. The molecule has 0 spiro atoms. The van der Waals surface area contributed by atoms with Crippen LogP contribution in [0.4, 0.5) is 0 Å². The highest BCUT2D eigenvalue weighted by molar-refractivity contribution is 7.22. The molecular weight excluding hydrogens is 272 g/mol. The molecule has 1 saturated carbocycles. The van der Waals surface area contributed by atoms with Crippen molar-refractivity contribution >= 4 is 32.8 Å². The van der Waals surface area contributed by atoms with Crippen molar-refractivity contribution in [3.05, 3.63) is 40.7 Å². The number of hydrogen-bond donors (Lipinski definition) is 1. The summed E-state index contributed by atoms with van der Waals surface area (Å²) in [6, 6.07) is 10.7. The Kier molecular flexibility index (Phi) is 2.52. The van der Waals surface area contributed by atoms with Crippen LogP contribution in [0.5, 0.6) is 0 Å². The molecule has 0 unspecified atom stereocenters. The maximum Gasteiger partial charge on any atom is 0.113 e. The van der Waals surface area contributed by atoms with Crippen LogP contribution >= 0.6 is 22.7 Å². The first-order valence-corrected chi connectivity index (χ1v) is 8.18. The van der Waals surface area contributed by atoms with Crippen molar-refractivity contribution in [2.45, 2.75) is 24.8 Å². The van der Waals surface area contributed by atoms with Crippen molar-refractivity contribution < 1.29 is 0 Å². The van der Waals surface area contributed by atoms with Crippen LogP contribution in [0.3, 0.4) is 0 Å². The monoisotopic (exact) mass is 286 g/mol. The molecular formula is C15H14N2S2. The molecule has 96 valence electrons. The van der Waals surface area contributed by atoms with Gasteiger partial charge in [0.2, 0.25) is 0 Å². The van der Waals surface area contributed by atoms with Crippen molar-refractivity contribution in [3.8, 4) is 10.6 Å². The largest absolute Gasteiger partial charge is 0.319 e. The van der Waals surface area contributed by atoms with Gasteiger partial charge in [-0.25, -0.2) is 4.98 Å². The highest BCUT2D eigenvalue weighted by atomic mass is 32.1. The number of benzene rings is 1. The maximum absolute atomic E-state index is 6.34. The fraction of sp³-hybridized carbons (Fsp3) is 0.267. The van der Waals surface area contributed by atoms with E-state index in [1.807, 2.05) is 0 Å². The first-order chi connectivity index (χ1) is 9.24. The summed E-state index contributed by atoms with van der Waals surface area (Å²) in [5.74, 6) is 0. The fourth-order valence-corrected chi connectivity index (χ4v) is 4.59. The maximum atomic E-state index is 6.34. The van der Waals surface area contributed by atoms with Crippen LogP contribution in [0.15, 0.2) is 35.7 Å². The van der Waals surface area contributed by atoms with Gasteiger partial charge in [-0.05, 0) is 36.8 Å². The van der Waals surface area contributed by atoms with Gasteiger partial charge in [0, 0.05) is 10.1 Å². The Morgan fingerprint density at radius 1 is 1.21 bits per heavy atom. The van der Waals surface area contributed by atoms with Crippen LogP contribution in [0, 0.1) is 0 Å². The number of nitrogens with two attached hydrogens (primary N) is 1. The molecule has 1 fully saturated rings. The third kappa shape index (κ3) is 1.83. The lowest BCUT2D eigenvalue weighted by molar-refractivity contribution is 0.253. The summed E-state index contributed by atoms with van der Waals surface area (Å²) in [5, 5.41) is 4.54. The average molecular weight is 286 g/mol. The van der Waals surface area contributed by atoms with Crippen LogP contribution in [0.1, 0.15) is 24.3 Å². The van der Waals surface area contributed by atoms with Crippen molar-refractivity contribution in [2.24, 2.45) is 5.73 Å². The molecule has 0 bridgehead atoms. The van der Waals surface area contributed by atoms with E-state index < -0.39 is 0 Å². The normalized spacial score (nSPS) is 17.5. The molecule has 0 aliphatic heterocycles. The Hall–Kier alpha value is -1.23. The van der Waals surface area contributed by atoms with E-state index in [1.54, 1.807) is 22.7 Å². The number of rotatable bonds is 2. The molecule has 2 aromatic heterocycles. The van der Waals surface area contributed by atoms with Gasteiger partial charge in [-0.1, -0.05) is 18.2 Å². The topological polar surface area (TPSA) is 38.9 Å². The van der Waals surface area contributed by atoms with Crippen LogP contribution in [-0.4, -0.2) is 4.98 Å². The molecule has 0 saturated heterocycles. The van der Waals surface area contributed by atoms with E-state index in [-0.39, 0.29) is 5.54 Å². The summed E-state index contributed by atoms with van der Waals surface area (Å²) >= 11 is 3.51. The Labute approximate surface area is 119 Å². The molecule has 0 radical (unpaired) electrons. The van der Waals surface area contributed by atoms with Crippen molar-refractivity contribution in [1.29, 1.82) is 0 Å². The smallest absolute Gasteiger partial charge is 0.113 e. The number of fused-ring (bicyclic) bond motifs is 1. The van der Waals surface area contributed by atoms with E-state index in [0.29, 0.717) is 0 Å². The molecule has 4 heteroatoms. The molecule has 19 heavy (non-hydrogen) atoms. The van der Waals surface area contributed by atoms with Gasteiger partial charge in [0.1, 0.15) is 5.01 Å². The third-order valence-electron chi connectivity index (χ3n) is 3.85. The molecule has 0 atom stereocenters. The van der Waals surface area contributed by atoms with E-state index in [1.165, 1.54) is 21.4 Å². The van der Waals surface area contributed by atoms with Gasteiger partial charge in [0.15, 0.2) is 0 Å². The third-order valence-corrected chi connectivity index (χ3v) is 6.05. The minimum Gasteiger partial charge on any atom is -0.319 e. The first-order valence-electron chi connectivity index (χ1n) is 6.48. The van der Waals surface area contributed by atoms with Crippen LogP contribution in [-0.2, 0) is 5.54 Å². The lowest BCUT2D eigenvalue weighted by atomic mass is 9.78. The fourth-order valence-electron chi connectivity index (χ4n) is 2.50. The number of hydrogen-bond acceptors (Lipinski definition) is 4. The van der Waals surface area contributed by atoms with E-state index in [9.17, 15) is 0 Å². The molecule has 3 aromatic rings. The Morgan fingerprint density at radius 3 is 2.79 bits per heavy atom. The quantitative estimate of drug-likeness (QED) is 0.760. The second-order valence-corrected chi connectivity index (χ2v) is 7.14. The number of aromatic nitrogens is 1. The molecule has 2 nitrogen and oxygen atoms in total. The predicted octanol–water partition coefficient (Wildman–Crippen LogP) is 4.36. The van der Waals surface area contributed by atoms with E-state index >= 15 is 0 Å². The summed E-state index contributed by atoms with van der Waals surface area (Å²) in [5.41, 5.74) is 7.28. The minimum absolute atomic E-state index is 0.139. The Bertz CT molecular complexity index is 704. The van der Waals surface area contributed by atoms with Gasteiger partial charge in [-0.3, -0.25) is 0 Å². The molecule has 1 aliphatic rings. The summed E-state index contributed by atoms with van der Waals surface area (Å²) < 4.78 is 1.32. The molecule has 1 aromatic carbocycles. The molecule has 2 heterocycles. The van der Waals surface area contributed by atoms with Gasteiger partial charge in [0.05, 0.1) is 16.1 Å². The SMILES string of the molecule is NC1(c2nc(-c3cc4ccccc4s3)cs2)CCC1. The van der Waals surface area contributed by atoms with E-state index in [0.717, 1.165) is 23.5 Å². The van der Waals surface area contributed by atoms with Gasteiger partial charge >= 0.3 is 0 Å². The second kappa shape index (κ2) is 4.13. The zero-order chi connectivity index (χ0) is 12.9. The molecule has 4 rings (SSSR count). The van der Waals surface area contributed by atoms with Gasteiger partial charge in [0.25, 0.3) is 0 Å². The van der Waals surface area contributed by atoms with Gasteiger partial charge < -0.3 is 5.73 Å². The van der Waals surface area contributed by atoms with Gasteiger partial charge in [-0.2, -0.15) is 0 Å². The molecule has 2 N–H and O–H groups in total. The average Bonchev–Trinajstić information content (AvgIpc) is 3.02. The van der Waals surface area contributed by atoms with Crippen molar-refractivity contribution in [2.75, 3.05) is 0 Å². The second-order valence-electron chi connectivity index (χ2n) is 5.20. The predicted molar refractivity (Wildman–Crippen MR) is 82.6 cm³/mol. The zero-order valence-corrected chi connectivity index (χ0v) is 12.1.